The molecule has 1 aromatic heterocycles. The number of rotatable bonds is 1. The lowest BCUT2D eigenvalue weighted by molar-refractivity contribution is 0.930. The van der Waals surface area contributed by atoms with Crippen LogP contribution in [0.3, 0.4) is 0 Å². The van der Waals surface area contributed by atoms with Gasteiger partial charge in [-0.05, 0) is 6.42 Å². The first-order chi connectivity index (χ1) is 5.90. The summed E-state index contributed by atoms with van der Waals surface area (Å²) in [5, 5.41) is 2.09. The predicted molar refractivity (Wildman–Crippen MR) is 52.1 cm³/mol. The zero-order valence-electron chi connectivity index (χ0n) is 6.65. The SMILES string of the molecule is CCC=C1Sc2nccnc2S1. The monoisotopic (exact) mass is 196 g/mol. The second kappa shape index (κ2) is 3.49. The molecule has 4 heteroatoms. The fourth-order valence-corrected chi connectivity index (χ4v) is 3.19. The van der Waals surface area contributed by atoms with E-state index in [1.807, 2.05) is 0 Å². The van der Waals surface area contributed by atoms with Gasteiger partial charge in [-0.2, -0.15) is 0 Å². The Kier molecular flexibility index (Phi) is 2.37. The Morgan fingerprint density at radius 2 is 1.83 bits per heavy atom. The van der Waals surface area contributed by atoms with Gasteiger partial charge in [-0.15, -0.1) is 0 Å². The Morgan fingerprint density at radius 3 is 2.33 bits per heavy atom. The van der Waals surface area contributed by atoms with E-state index >= 15 is 0 Å². The molecule has 0 spiro atoms. The number of allylic oxidation sites excluding steroid dienone is 1. The minimum absolute atomic E-state index is 1.04. The van der Waals surface area contributed by atoms with Gasteiger partial charge in [0.25, 0.3) is 0 Å². The fourth-order valence-electron chi connectivity index (χ4n) is 0.914. The van der Waals surface area contributed by atoms with Crippen molar-refractivity contribution in [2.45, 2.75) is 23.4 Å². The van der Waals surface area contributed by atoms with Gasteiger partial charge in [0, 0.05) is 16.6 Å². The molecule has 0 saturated carbocycles. The first-order valence-electron chi connectivity index (χ1n) is 3.77. The highest BCUT2D eigenvalue weighted by molar-refractivity contribution is 8.24. The van der Waals surface area contributed by atoms with E-state index in [2.05, 4.69) is 23.0 Å². The largest absolute Gasteiger partial charge is 0.245 e. The van der Waals surface area contributed by atoms with Crippen molar-refractivity contribution in [2.75, 3.05) is 0 Å². The van der Waals surface area contributed by atoms with Crippen molar-refractivity contribution in [2.24, 2.45) is 0 Å². The minimum atomic E-state index is 1.04. The van der Waals surface area contributed by atoms with Gasteiger partial charge in [0.05, 0.1) is 0 Å². The van der Waals surface area contributed by atoms with Crippen LogP contribution in [0.15, 0.2) is 32.8 Å². The van der Waals surface area contributed by atoms with E-state index in [4.69, 9.17) is 0 Å². The van der Waals surface area contributed by atoms with Gasteiger partial charge in [-0.1, -0.05) is 36.5 Å². The molecule has 0 unspecified atom stereocenters. The van der Waals surface area contributed by atoms with Crippen molar-refractivity contribution >= 4 is 23.5 Å². The molecule has 62 valence electrons. The third-order valence-corrected chi connectivity index (χ3v) is 3.75. The summed E-state index contributed by atoms with van der Waals surface area (Å²) in [6.45, 7) is 2.14. The van der Waals surface area contributed by atoms with Crippen molar-refractivity contribution < 1.29 is 0 Å². The molecule has 2 nitrogen and oxygen atoms in total. The van der Waals surface area contributed by atoms with Gasteiger partial charge < -0.3 is 0 Å². The topological polar surface area (TPSA) is 25.8 Å². The Labute approximate surface area is 79.9 Å². The zero-order chi connectivity index (χ0) is 8.39. The van der Waals surface area contributed by atoms with Crippen molar-refractivity contribution in [3.8, 4) is 0 Å². The van der Waals surface area contributed by atoms with Crippen LogP contribution < -0.4 is 0 Å². The van der Waals surface area contributed by atoms with Gasteiger partial charge >= 0.3 is 0 Å². The average molecular weight is 196 g/mol. The number of hydrogen-bond donors (Lipinski definition) is 0. The summed E-state index contributed by atoms with van der Waals surface area (Å²) in [6.07, 6.45) is 6.75. The van der Waals surface area contributed by atoms with Crippen LogP contribution in [-0.2, 0) is 0 Å². The van der Waals surface area contributed by atoms with Crippen LogP contribution >= 0.6 is 23.5 Å². The first-order valence-corrected chi connectivity index (χ1v) is 5.40. The molecule has 2 heterocycles. The lowest BCUT2D eigenvalue weighted by Gasteiger charge is -1.88. The Bertz CT molecular complexity index is 296. The van der Waals surface area contributed by atoms with E-state index in [0.29, 0.717) is 0 Å². The summed E-state index contributed by atoms with van der Waals surface area (Å²) in [6, 6.07) is 0. The number of thioether (sulfide) groups is 2. The van der Waals surface area contributed by atoms with Gasteiger partial charge in [0.15, 0.2) is 0 Å². The van der Waals surface area contributed by atoms with Crippen molar-refractivity contribution in [3.05, 3.63) is 22.7 Å². The Balaban J connectivity index is 2.27. The lowest BCUT2D eigenvalue weighted by Crippen LogP contribution is -1.79. The van der Waals surface area contributed by atoms with Crippen molar-refractivity contribution in [1.82, 2.24) is 9.97 Å². The predicted octanol–water partition coefficient (Wildman–Crippen LogP) is 2.93. The number of fused-ring (bicyclic) bond motifs is 1. The average Bonchev–Trinajstić information content (AvgIpc) is 2.47. The highest BCUT2D eigenvalue weighted by Gasteiger charge is 2.18. The zero-order valence-corrected chi connectivity index (χ0v) is 8.28. The summed E-state index contributed by atoms with van der Waals surface area (Å²) < 4.78 is 1.30. The van der Waals surface area contributed by atoms with E-state index < -0.39 is 0 Å². The van der Waals surface area contributed by atoms with Crippen molar-refractivity contribution in [3.63, 3.8) is 0 Å². The lowest BCUT2D eigenvalue weighted by atomic mass is 10.5. The smallest absolute Gasteiger partial charge is 0.134 e. The third kappa shape index (κ3) is 1.49. The van der Waals surface area contributed by atoms with Crippen LogP contribution in [0.4, 0.5) is 0 Å². The quantitative estimate of drug-likeness (QED) is 0.689. The normalized spacial score (nSPS) is 14.6. The third-order valence-electron chi connectivity index (χ3n) is 1.40. The molecule has 0 amide bonds. The molecule has 1 aliphatic rings. The highest BCUT2D eigenvalue weighted by Crippen LogP contribution is 2.48. The van der Waals surface area contributed by atoms with E-state index in [1.54, 1.807) is 35.9 Å². The molecule has 0 fully saturated rings. The molecule has 0 N–H and O–H groups in total. The van der Waals surface area contributed by atoms with E-state index in [1.165, 1.54) is 4.24 Å². The standard InChI is InChI=1S/C8H8N2S2/c1-2-3-6-11-7-8(12-6)10-5-4-9-7/h3-5H,2H2,1H3. The minimum Gasteiger partial charge on any atom is -0.245 e. The maximum Gasteiger partial charge on any atom is 0.134 e. The van der Waals surface area contributed by atoms with Gasteiger partial charge in [-0.25, -0.2) is 9.97 Å². The van der Waals surface area contributed by atoms with E-state index in [9.17, 15) is 0 Å². The molecular weight excluding hydrogens is 188 g/mol. The molecule has 0 atom stereocenters. The highest BCUT2D eigenvalue weighted by atomic mass is 32.2. The maximum absolute atomic E-state index is 4.23. The molecular formula is C8H8N2S2. The summed E-state index contributed by atoms with van der Waals surface area (Å²) in [5.74, 6) is 0. The molecule has 0 radical (unpaired) electrons. The van der Waals surface area contributed by atoms with Crippen LogP contribution in [0, 0.1) is 0 Å². The van der Waals surface area contributed by atoms with Gasteiger partial charge in [0.2, 0.25) is 0 Å². The molecule has 1 aliphatic heterocycles. The molecule has 0 aromatic carbocycles. The van der Waals surface area contributed by atoms with Crippen LogP contribution in [0.1, 0.15) is 13.3 Å². The second-order valence-electron chi connectivity index (χ2n) is 2.30. The molecule has 0 aliphatic carbocycles. The Hall–Kier alpha value is -0.480. The summed E-state index contributed by atoms with van der Waals surface area (Å²) in [4.78, 5) is 8.46. The molecule has 0 bridgehead atoms. The number of hydrogen-bond acceptors (Lipinski definition) is 4. The summed E-state index contributed by atoms with van der Waals surface area (Å²) in [7, 11) is 0. The van der Waals surface area contributed by atoms with E-state index in [-0.39, 0.29) is 0 Å². The van der Waals surface area contributed by atoms with Gasteiger partial charge in [0.1, 0.15) is 10.1 Å². The summed E-state index contributed by atoms with van der Waals surface area (Å²) in [5.41, 5.74) is 0. The van der Waals surface area contributed by atoms with E-state index in [0.717, 1.165) is 16.5 Å². The van der Waals surface area contributed by atoms with Gasteiger partial charge in [-0.3, -0.25) is 0 Å². The maximum atomic E-state index is 4.23. The second-order valence-corrected chi connectivity index (χ2v) is 4.62. The van der Waals surface area contributed by atoms with Crippen LogP contribution in [0.5, 0.6) is 0 Å². The van der Waals surface area contributed by atoms with Crippen molar-refractivity contribution in [1.29, 1.82) is 0 Å². The molecule has 0 saturated heterocycles. The molecule has 2 rings (SSSR count). The fraction of sp³-hybridized carbons (Fsp3) is 0.250. The number of nitrogens with zero attached hydrogens (tertiary/aromatic N) is 2. The molecule has 12 heavy (non-hydrogen) atoms. The molecule has 1 aromatic rings. The Morgan fingerprint density at radius 1 is 1.25 bits per heavy atom. The number of aromatic nitrogens is 2. The summed E-state index contributed by atoms with van der Waals surface area (Å²) >= 11 is 3.42. The van der Waals surface area contributed by atoms with Crippen LogP contribution in [0.25, 0.3) is 0 Å². The van der Waals surface area contributed by atoms with Crippen LogP contribution in [0.2, 0.25) is 0 Å². The van der Waals surface area contributed by atoms with Crippen LogP contribution in [-0.4, -0.2) is 9.97 Å². The first kappa shape index (κ1) is 8.13.